The van der Waals surface area contributed by atoms with Crippen LogP contribution in [0.3, 0.4) is 0 Å². The van der Waals surface area contributed by atoms with Crippen molar-refractivity contribution in [3.63, 3.8) is 0 Å². The molecule has 0 bridgehead atoms. The Morgan fingerprint density at radius 3 is 2.50 bits per heavy atom. The molecule has 0 fully saturated rings. The maximum absolute atomic E-state index is 10.5. The van der Waals surface area contributed by atoms with Crippen LogP contribution in [-0.4, -0.2) is 14.9 Å². The predicted molar refractivity (Wildman–Crippen MR) is 67.6 cm³/mol. The third-order valence-electron chi connectivity index (χ3n) is 2.93. The van der Waals surface area contributed by atoms with E-state index in [0.717, 1.165) is 11.3 Å². The van der Waals surface area contributed by atoms with Gasteiger partial charge in [-0.2, -0.15) is 10.4 Å². The molecule has 0 amide bonds. The van der Waals surface area contributed by atoms with E-state index in [1.165, 1.54) is 0 Å². The number of aryl methyl sites for hydroxylation is 1. The third kappa shape index (κ3) is 2.58. The lowest BCUT2D eigenvalue weighted by atomic mass is 9.90. The summed E-state index contributed by atoms with van der Waals surface area (Å²) in [5.74, 6) is 0. The third-order valence-corrected chi connectivity index (χ3v) is 2.93. The number of hydrogen-bond donors (Lipinski definition) is 1. The highest BCUT2D eigenvalue weighted by atomic mass is 16.3. The highest BCUT2D eigenvalue weighted by Crippen LogP contribution is 2.24. The van der Waals surface area contributed by atoms with Gasteiger partial charge in [-0.3, -0.25) is 4.68 Å². The Kier molecular flexibility index (Phi) is 3.17. The molecule has 0 spiro atoms. The van der Waals surface area contributed by atoms with Gasteiger partial charge in [0.25, 0.3) is 0 Å². The minimum atomic E-state index is -0.984. The van der Waals surface area contributed by atoms with E-state index in [1.807, 2.05) is 19.3 Å². The molecule has 0 radical (unpaired) electrons. The van der Waals surface area contributed by atoms with E-state index in [-0.39, 0.29) is 0 Å². The minimum Gasteiger partial charge on any atom is -0.385 e. The quantitative estimate of drug-likeness (QED) is 0.890. The Bertz CT molecular complexity index is 576. The van der Waals surface area contributed by atoms with Crippen molar-refractivity contribution < 1.29 is 5.11 Å². The smallest absolute Gasteiger partial charge is 0.0991 e. The van der Waals surface area contributed by atoms with Crippen LogP contribution in [0.2, 0.25) is 0 Å². The van der Waals surface area contributed by atoms with E-state index in [2.05, 4.69) is 11.2 Å². The molecule has 1 heterocycles. The average molecular weight is 241 g/mol. The zero-order valence-electron chi connectivity index (χ0n) is 10.5. The number of aliphatic hydroxyl groups is 1. The van der Waals surface area contributed by atoms with Gasteiger partial charge in [0.2, 0.25) is 0 Å². The Morgan fingerprint density at radius 2 is 2.00 bits per heavy atom. The molecule has 0 aliphatic carbocycles. The second-order valence-electron chi connectivity index (χ2n) is 4.62. The van der Waals surface area contributed by atoms with E-state index in [4.69, 9.17) is 5.26 Å². The molecule has 92 valence electrons. The van der Waals surface area contributed by atoms with Gasteiger partial charge in [-0.1, -0.05) is 12.1 Å². The van der Waals surface area contributed by atoms with Gasteiger partial charge in [-0.05, 0) is 30.7 Å². The van der Waals surface area contributed by atoms with Crippen molar-refractivity contribution in [3.05, 3.63) is 53.3 Å². The van der Waals surface area contributed by atoms with E-state index >= 15 is 0 Å². The van der Waals surface area contributed by atoms with Gasteiger partial charge < -0.3 is 5.11 Å². The largest absolute Gasteiger partial charge is 0.385 e. The normalized spacial score (nSPS) is 13.9. The number of aromatic nitrogens is 2. The number of nitriles is 1. The van der Waals surface area contributed by atoms with Gasteiger partial charge in [0.15, 0.2) is 0 Å². The molecular weight excluding hydrogens is 226 g/mol. The molecule has 1 aromatic carbocycles. The Labute approximate surface area is 106 Å². The van der Waals surface area contributed by atoms with Crippen LogP contribution in [0.1, 0.15) is 23.7 Å². The molecule has 4 heteroatoms. The summed E-state index contributed by atoms with van der Waals surface area (Å²) in [5, 5.41) is 23.5. The zero-order valence-corrected chi connectivity index (χ0v) is 10.5. The van der Waals surface area contributed by atoms with Crippen LogP contribution in [0.4, 0.5) is 0 Å². The second-order valence-corrected chi connectivity index (χ2v) is 4.62. The minimum absolute atomic E-state index is 0.444. The first-order chi connectivity index (χ1) is 8.51. The van der Waals surface area contributed by atoms with Crippen LogP contribution in [0.5, 0.6) is 0 Å². The number of benzene rings is 1. The van der Waals surface area contributed by atoms with Crippen LogP contribution in [0.25, 0.3) is 0 Å². The lowest BCUT2D eigenvalue weighted by Gasteiger charge is -2.22. The maximum Gasteiger partial charge on any atom is 0.0991 e. The van der Waals surface area contributed by atoms with Crippen molar-refractivity contribution in [1.29, 1.82) is 5.26 Å². The van der Waals surface area contributed by atoms with Gasteiger partial charge in [0, 0.05) is 19.7 Å². The molecular formula is C14H15N3O. The Balaban J connectivity index is 2.21. The summed E-state index contributed by atoms with van der Waals surface area (Å²) in [6.45, 7) is 1.75. The van der Waals surface area contributed by atoms with Crippen LogP contribution in [-0.2, 0) is 19.1 Å². The van der Waals surface area contributed by atoms with Crippen molar-refractivity contribution in [1.82, 2.24) is 9.78 Å². The van der Waals surface area contributed by atoms with Gasteiger partial charge in [-0.15, -0.1) is 0 Å². The molecule has 4 nitrogen and oxygen atoms in total. The van der Waals surface area contributed by atoms with Crippen molar-refractivity contribution in [3.8, 4) is 6.07 Å². The van der Waals surface area contributed by atoms with Crippen LogP contribution < -0.4 is 0 Å². The van der Waals surface area contributed by atoms with Crippen LogP contribution in [0.15, 0.2) is 36.5 Å². The fourth-order valence-electron chi connectivity index (χ4n) is 1.92. The van der Waals surface area contributed by atoms with Crippen molar-refractivity contribution >= 4 is 0 Å². The predicted octanol–water partition coefficient (Wildman–Crippen LogP) is 1.74. The Hall–Kier alpha value is -2.12. The summed E-state index contributed by atoms with van der Waals surface area (Å²) in [7, 11) is 1.85. The van der Waals surface area contributed by atoms with Crippen LogP contribution >= 0.6 is 0 Å². The first-order valence-corrected chi connectivity index (χ1v) is 5.73. The fourth-order valence-corrected chi connectivity index (χ4v) is 1.92. The number of rotatable bonds is 3. The molecule has 2 aromatic rings. The summed E-state index contributed by atoms with van der Waals surface area (Å²) < 4.78 is 1.71. The van der Waals surface area contributed by atoms with Crippen molar-refractivity contribution in [2.75, 3.05) is 0 Å². The van der Waals surface area contributed by atoms with Gasteiger partial charge >= 0.3 is 0 Å². The molecule has 1 unspecified atom stereocenters. The monoisotopic (exact) mass is 241 g/mol. The van der Waals surface area contributed by atoms with Crippen LogP contribution in [0, 0.1) is 11.3 Å². The summed E-state index contributed by atoms with van der Waals surface area (Å²) in [4.78, 5) is 0. The average Bonchev–Trinajstić information content (AvgIpc) is 2.74. The van der Waals surface area contributed by atoms with Gasteiger partial charge in [0.1, 0.15) is 0 Å². The Morgan fingerprint density at radius 1 is 1.33 bits per heavy atom. The summed E-state index contributed by atoms with van der Waals surface area (Å²) >= 11 is 0. The SMILES string of the molecule is Cn1ccc(CC(C)(O)c2ccc(C#N)cc2)n1. The molecule has 0 saturated heterocycles. The van der Waals surface area contributed by atoms with E-state index in [9.17, 15) is 5.11 Å². The first-order valence-electron chi connectivity index (χ1n) is 5.73. The fraction of sp³-hybridized carbons (Fsp3) is 0.286. The summed E-state index contributed by atoms with van der Waals surface area (Å²) in [5.41, 5.74) is 1.23. The molecule has 1 N–H and O–H groups in total. The van der Waals surface area contributed by atoms with E-state index in [1.54, 1.807) is 35.9 Å². The van der Waals surface area contributed by atoms with Gasteiger partial charge in [0.05, 0.1) is 22.9 Å². The van der Waals surface area contributed by atoms with Crippen molar-refractivity contribution in [2.24, 2.45) is 7.05 Å². The summed E-state index contributed by atoms with van der Waals surface area (Å²) in [6, 6.07) is 10.9. The van der Waals surface area contributed by atoms with Crippen molar-refractivity contribution in [2.45, 2.75) is 18.9 Å². The lowest BCUT2D eigenvalue weighted by molar-refractivity contribution is 0.0564. The highest BCUT2D eigenvalue weighted by molar-refractivity contribution is 5.34. The number of hydrogen-bond acceptors (Lipinski definition) is 3. The highest BCUT2D eigenvalue weighted by Gasteiger charge is 2.24. The molecule has 1 aromatic heterocycles. The molecule has 1 atom stereocenters. The molecule has 0 saturated carbocycles. The maximum atomic E-state index is 10.5. The summed E-state index contributed by atoms with van der Waals surface area (Å²) in [6.07, 6.45) is 2.30. The van der Waals surface area contributed by atoms with E-state index in [0.29, 0.717) is 12.0 Å². The molecule has 0 aliphatic heterocycles. The molecule has 18 heavy (non-hydrogen) atoms. The van der Waals surface area contributed by atoms with Gasteiger partial charge in [-0.25, -0.2) is 0 Å². The standard InChI is InChI=1S/C14H15N3O/c1-14(18,9-13-7-8-17(2)16-13)12-5-3-11(10-15)4-6-12/h3-8,18H,9H2,1-2H3. The first kappa shape index (κ1) is 12.3. The van der Waals surface area contributed by atoms with E-state index < -0.39 is 5.60 Å². The molecule has 0 aliphatic rings. The lowest BCUT2D eigenvalue weighted by Crippen LogP contribution is -2.24. The number of nitrogens with zero attached hydrogens (tertiary/aromatic N) is 3. The zero-order chi connectivity index (χ0) is 13.2. The topological polar surface area (TPSA) is 61.8 Å². The molecule has 2 rings (SSSR count). The second kappa shape index (κ2) is 4.63.